The highest BCUT2D eigenvalue weighted by atomic mass is 16.1. The average molecular weight is 298 g/mol. The van der Waals surface area contributed by atoms with Gasteiger partial charge in [-0.25, -0.2) is 0 Å². The number of aryl methyl sites for hydroxylation is 1. The first-order chi connectivity index (χ1) is 10.8. The maximum atomic E-state index is 12.9. The molecule has 116 valence electrons. The molecule has 0 atom stereocenters. The van der Waals surface area contributed by atoms with Gasteiger partial charge in [0.15, 0.2) is 5.82 Å². The number of pyridine rings is 1. The van der Waals surface area contributed by atoms with Crippen LogP contribution in [-0.4, -0.2) is 21.3 Å². The summed E-state index contributed by atoms with van der Waals surface area (Å²) in [5.74, 6) is 0.670. The number of fused-ring (bicyclic) bond motifs is 3. The van der Waals surface area contributed by atoms with Crippen LogP contribution in [0.2, 0.25) is 0 Å². The fourth-order valence-electron chi connectivity index (χ4n) is 2.87. The summed E-state index contributed by atoms with van der Waals surface area (Å²) in [5, 5.41) is 12.4. The van der Waals surface area contributed by atoms with Gasteiger partial charge >= 0.3 is 0 Å². The Morgan fingerprint density at radius 3 is 2.82 bits per heavy atom. The van der Waals surface area contributed by atoms with Crippen LogP contribution in [0.4, 0.5) is 5.82 Å². The second-order valence-electron chi connectivity index (χ2n) is 5.58. The minimum Gasteiger partial charge on any atom is -0.368 e. The molecule has 22 heavy (non-hydrogen) atoms. The number of para-hydroxylation sites is 1. The van der Waals surface area contributed by atoms with Crippen LogP contribution in [0.1, 0.15) is 33.1 Å². The zero-order chi connectivity index (χ0) is 15.5. The molecule has 0 saturated carbocycles. The van der Waals surface area contributed by atoms with Crippen molar-refractivity contribution < 1.29 is 0 Å². The Hall–Kier alpha value is -2.30. The number of anilines is 1. The van der Waals surface area contributed by atoms with Crippen LogP contribution in [-0.2, 0) is 6.54 Å². The second-order valence-corrected chi connectivity index (χ2v) is 5.58. The molecule has 5 heteroatoms. The molecular formula is C17H22N4O. The molecule has 0 aliphatic heterocycles. The van der Waals surface area contributed by atoms with Crippen LogP contribution in [0.5, 0.6) is 0 Å². The molecule has 2 aromatic heterocycles. The molecule has 0 bridgehead atoms. The summed E-state index contributed by atoms with van der Waals surface area (Å²) in [4.78, 5) is 12.9. The van der Waals surface area contributed by atoms with E-state index in [1.54, 1.807) is 0 Å². The van der Waals surface area contributed by atoms with E-state index >= 15 is 0 Å². The van der Waals surface area contributed by atoms with Crippen LogP contribution in [0, 0.1) is 0 Å². The lowest BCUT2D eigenvalue weighted by atomic mass is 10.1. The van der Waals surface area contributed by atoms with Gasteiger partial charge in [-0.2, -0.15) is 5.10 Å². The van der Waals surface area contributed by atoms with Gasteiger partial charge in [-0.3, -0.25) is 9.89 Å². The first-order valence-corrected chi connectivity index (χ1v) is 8.01. The third-order valence-electron chi connectivity index (χ3n) is 3.96. The molecule has 0 fully saturated rings. The minimum atomic E-state index is 0.0308. The Balaban J connectivity index is 2.25. The van der Waals surface area contributed by atoms with E-state index in [0.29, 0.717) is 11.2 Å². The number of unbranched alkanes of at least 4 members (excludes halogenated alkanes) is 1. The molecule has 0 radical (unpaired) electrons. The summed E-state index contributed by atoms with van der Waals surface area (Å²) in [5.41, 5.74) is 1.82. The maximum absolute atomic E-state index is 12.9. The Kier molecular flexibility index (Phi) is 4.13. The van der Waals surface area contributed by atoms with Crippen molar-refractivity contribution in [2.75, 3.05) is 11.9 Å². The molecule has 5 nitrogen and oxygen atoms in total. The molecule has 2 N–H and O–H groups in total. The van der Waals surface area contributed by atoms with Crippen molar-refractivity contribution >= 4 is 27.6 Å². The van der Waals surface area contributed by atoms with Crippen molar-refractivity contribution in [3.63, 3.8) is 0 Å². The maximum Gasteiger partial charge on any atom is 0.264 e. The highest BCUT2D eigenvalue weighted by molar-refractivity contribution is 6.06. The van der Waals surface area contributed by atoms with E-state index in [9.17, 15) is 4.79 Å². The summed E-state index contributed by atoms with van der Waals surface area (Å²) in [6.07, 6.45) is 3.09. The second kappa shape index (κ2) is 6.22. The van der Waals surface area contributed by atoms with Crippen molar-refractivity contribution in [1.29, 1.82) is 0 Å². The monoisotopic (exact) mass is 298 g/mol. The number of rotatable bonds is 6. The number of aromatic amines is 1. The summed E-state index contributed by atoms with van der Waals surface area (Å²) >= 11 is 0. The molecule has 0 amide bonds. The van der Waals surface area contributed by atoms with E-state index < -0.39 is 0 Å². The first-order valence-electron chi connectivity index (χ1n) is 8.01. The van der Waals surface area contributed by atoms with Crippen LogP contribution in [0.3, 0.4) is 0 Å². The van der Waals surface area contributed by atoms with E-state index in [0.717, 1.165) is 48.8 Å². The lowest BCUT2D eigenvalue weighted by molar-refractivity contribution is 0.683. The minimum absolute atomic E-state index is 0.0308. The molecule has 0 saturated heterocycles. The van der Waals surface area contributed by atoms with Crippen LogP contribution < -0.4 is 10.9 Å². The molecule has 0 aliphatic rings. The number of hydrogen-bond donors (Lipinski definition) is 2. The predicted octanol–water partition coefficient (Wildman–Crippen LogP) is 3.50. The highest BCUT2D eigenvalue weighted by Crippen LogP contribution is 2.25. The van der Waals surface area contributed by atoms with E-state index in [2.05, 4.69) is 29.4 Å². The van der Waals surface area contributed by atoms with Gasteiger partial charge in [0.25, 0.3) is 5.56 Å². The number of H-pyrrole nitrogens is 1. The number of nitrogens with zero attached hydrogens (tertiary/aromatic N) is 2. The normalized spacial score (nSPS) is 11.4. The fourth-order valence-corrected chi connectivity index (χ4v) is 2.87. The lowest BCUT2D eigenvalue weighted by Crippen LogP contribution is -2.21. The van der Waals surface area contributed by atoms with Crippen LogP contribution in [0.15, 0.2) is 29.1 Å². The van der Waals surface area contributed by atoms with Gasteiger partial charge in [0.05, 0.1) is 11.0 Å². The third-order valence-corrected chi connectivity index (χ3v) is 3.96. The predicted molar refractivity (Wildman–Crippen MR) is 91.5 cm³/mol. The summed E-state index contributed by atoms with van der Waals surface area (Å²) in [6, 6.07) is 8.00. The van der Waals surface area contributed by atoms with Gasteiger partial charge in [0.2, 0.25) is 0 Å². The van der Waals surface area contributed by atoms with Crippen molar-refractivity contribution in [1.82, 2.24) is 14.8 Å². The lowest BCUT2D eigenvalue weighted by Gasteiger charge is -2.10. The first kappa shape index (κ1) is 14.6. The van der Waals surface area contributed by atoms with Gasteiger partial charge in [-0.05, 0) is 18.9 Å². The SMILES string of the molecule is CCCCNc1n[nH]c2c1c(=O)n(CCC)c1ccccc21. The molecule has 0 aliphatic carbocycles. The van der Waals surface area contributed by atoms with E-state index in [1.165, 1.54) is 0 Å². The topological polar surface area (TPSA) is 62.7 Å². The van der Waals surface area contributed by atoms with Gasteiger partial charge in [-0.1, -0.05) is 38.5 Å². The number of nitrogens with one attached hydrogen (secondary N) is 2. The molecule has 3 rings (SSSR count). The molecule has 1 aromatic carbocycles. The largest absolute Gasteiger partial charge is 0.368 e. The van der Waals surface area contributed by atoms with Gasteiger partial charge < -0.3 is 9.88 Å². The zero-order valence-corrected chi connectivity index (χ0v) is 13.1. The smallest absolute Gasteiger partial charge is 0.264 e. The van der Waals surface area contributed by atoms with Crippen LogP contribution >= 0.6 is 0 Å². The standard InChI is InChI=1S/C17H22N4O/c1-3-5-10-18-16-14-15(19-20-16)12-8-6-7-9-13(12)21(11-4-2)17(14)22/h6-9H,3-5,10-11H2,1-2H3,(H2,18,19,20). The Morgan fingerprint density at radius 2 is 2.05 bits per heavy atom. The number of hydrogen-bond acceptors (Lipinski definition) is 3. The molecule has 0 unspecified atom stereocenters. The highest BCUT2D eigenvalue weighted by Gasteiger charge is 2.16. The van der Waals surface area contributed by atoms with Crippen molar-refractivity contribution in [2.24, 2.45) is 0 Å². The number of benzene rings is 1. The van der Waals surface area contributed by atoms with Gasteiger partial charge in [0, 0.05) is 18.5 Å². The van der Waals surface area contributed by atoms with Gasteiger partial charge in [-0.15, -0.1) is 0 Å². The van der Waals surface area contributed by atoms with Crippen molar-refractivity contribution in [3.05, 3.63) is 34.6 Å². The van der Waals surface area contributed by atoms with E-state index in [1.807, 2.05) is 28.8 Å². The van der Waals surface area contributed by atoms with Crippen molar-refractivity contribution in [2.45, 2.75) is 39.7 Å². The van der Waals surface area contributed by atoms with E-state index in [4.69, 9.17) is 0 Å². The molecular weight excluding hydrogens is 276 g/mol. The quantitative estimate of drug-likeness (QED) is 0.685. The molecule has 2 heterocycles. The molecule has 3 aromatic rings. The average Bonchev–Trinajstić information content (AvgIpc) is 2.96. The Morgan fingerprint density at radius 1 is 1.23 bits per heavy atom. The Labute approximate surface area is 129 Å². The summed E-state index contributed by atoms with van der Waals surface area (Å²) in [6.45, 7) is 5.78. The van der Waals surface area contributed by atoms with Crippen molar-refractivity contribution in [3.8, 4) is 0 Å². The zero-order valence-electron chi connectivity index (χ0n) is 13.1. The fraction of sp³-hybridized carbons (Fsp3) is 0.412. The van der Waals surface area contributed by atoms with Gasteiger partial charge in [0.1, 0.15) is 5.39 Å². The van der Waals surface area contributed by atoms with Crippen LogP contribution in [0.25, 0.3) is 21.8 Å². The summed E-state index contributed by atoms with van der Waals surface area (Å²) in [7, 11) is 0. The number of aromatic nitrogens is 3. The van der Waals surface area contributed by atoms with E-state index in [-0.39, 0.29) is 5.56 Å². The third kappa shape index (κ3) is 2.36. The Bertz CT molecular complexity index is 847. The summed E-state index contributed by atoms with van der Waals surface area (Å²) < 4.78 is 1.86. The molecule has 0 spiro atoms.